The van der Waals surface area contributed by atoms with Gasteiger partial charge in [-0.1, -0.05) is 25.1 Å². The number of hydrogen-bond acceptors (Lipinski definition) is 4. The predicted octanol–water partition coefficient (Wildman–Crippen LogP) is 2.33. The van der Waals surface area contributed by atoms with Gasteiger partial charge < -0.3 is 9.64 Å². The molecule has 2 aromatic rings. The van der Waals surface area contributed by atoms with Crippen LogP contribution in [0, 0.1) is 5.92 Å². The second-order valence-electron chi connectivity index (χ2n) is 6.36. The van der Waals surface area contributed by atoms with E-state index in [9.17, 15) is 4.79 Å². The first kappa shape index (κ1) is 16.5. The predicted molar refractivity (Wildman–Crippen MR) is 90.7 cm³/mol. The summed E-state index contributed by atoms with van der Waals surface area (Å²) in [5.74, 6) is 1.51. The number of rotatable bonds is 5. The molecule has 0 saturated carbocycles. The van der Waals surface area contributed by atoms with Gasteiger partial charge in [0, 0.05) is 13.1 Å². The van der Waals surface area contributed by atoms with Gasteiger partial charge >= 0.3 is 0 Å². The van der Waals surface area contributed by atoms with Crippen LogP contribution in [-0.4, -0.2) is 45.8 Å². The first-order valence-corrected chi connectivity index (χ1v) is 8.43. The lowest BCUT2D eigenvalue weighted by Crippen LogP contribution is -2.41. The Bertz CT molecular complexity index is 663. The smallest absolute Gasteiger partial charge is 0.227 e. The van der Waals surface area contributed by atoms with E-state index in [1.807, 2.05) is 24.0 Å². The first-order valence-electron chi connectivity index (χ1n) is 8.43. The Morgan fingerprint density at radius 1 is 1.33 bits per heavy atom. The highest BCUT2D eigenvalue weighted by molar-refractivity contribution is 5.78. The highest BCUT2D eigenvalue weighted by atomic mass is 16.5. The molecular weight excluding hydrogens is 304 g/mol. The lowest BCUT2D eigenvalue weighted by Gasteiger charge is -2.34. The zero-order chi connectivity index (χ0) is 16.9. The van der Waals surface area contributed by atoms with Crippen molar-refractivity contribution in [3.05, 3.63) is 42.5 Å². The number of amides is 1. The number of likely N-dealkylation sites (tertiary alicyclic amines) is 1. The minimum Gasteiger partial charge on any atom is -0.496 e. The number of para-hydroxylation sites is 1. The maximum absolute atomic E-state index is 12.6. The van der Waals surface area contributed by atoms with E-state index in [1.54, 1.807) is 18.1 Å². The Morgan fingerprint density at radius 3 is 2.75 bits per heavy atom. The monoisotopic (exact) mass is 328 g/mol. The molecule has 2 heterocycles. The van der Waals surface area contributed by atoms with Crippen molar-refractivity contribution < 1.29 is 9.53 Å². The number of nitrogens with zero attached hydrogens (tertiary/aromatic N) is 4. The summed E-state index contributed by atoms with van der Waals surface area (Å²) in [7, 11) is 1.71. The molecule has 6 nitrogen and oxygen atoms in total. The Hall–Kier alpha value is -2.37. The Balaban J connectivity index is 1.57. The van der Waals surface area contributed by atoms with Gasteiger partial charge in [-0.15, -0.1) is 0 Å². The number of piperidine rings is 1. The van der Waals surface area contributed by atoms with E-state index in [0.717, 1.165) is 31.7 Å². The number of carbonyl (C=O) groups is 1. The number of hydrogen-bond donors (Lipinski definition) is 0. The molecule has 1 aliphatic rings. The van der Waals surface area contributed by atoms with Gasteiger partial charge in [-0.05, 0) is 30.4 Å². The van der Waals surface area contributed by atoms with Gasteiger partial charge in [0.25, 0.3) is 0 Å². The van der Waals surface area contributed by atoms with Crippen molar-refractivity contribution >= 4 is 5.91 Å². The van der Waals surface area contributed by atoms with Gasteiger partial charge in [0.15, 0.2) is 0 Å². The number of methoxy groups -OCH3 is 1. The molecule has 1 saturated heterocycles. The van der Waals surface area contributed by atoms with E-state index in [2.05, 4.69) is 22.2 Å². The van der Waals surface area contributed by atoms with Crippen LogP contribution in [0.1, 0.15) is 31.2 Å². The third-order valence-electron chi connectivity index (χ3n) is 4.73. The molecule has 0 spiro atoms. The van der Waals surface area contributed by atoms with Gasteiger partial charge in [-0.25, -0.2) is 4.98 Å². The lowest BCUT2D eigenvalue weighted by atomic mass is 9.88. The van der Waals surface area contributed by atoms with Crippen LogP contribution in [-0.2, 0) is 11.3 Å². The molecule has 0 N–H and O–H groups in total. The summed E-state index contributed by atoms with van der Waals surface area (Å²) >= 11 is 0. The van der Waals surface area contributed by atoms with Gasteiger partial charge in [0.05, 0.1) is 19.6 Å². The van der Waals surface area contributed by atoms with Crippen LogP contribution in [0.5, 0.6) is 5.75 Å². The summed E-state index contributed by atoms with van der Waals surface area (Å²) in [6, 6.07) is 8.18. The normalized spacial score (nSPS) is 16.8. The van der Waals surface area contributed by atoms with Crippen molar-refractivity contribution in [2.75, 3.05) is 20.2 Å². The van der Waals surface area contributed by atoms with Crippen LogP contribution >= 0.6 is 0 Å². The van der Waals surface area contributed by atoms with Crippen molar-refractivity contribution in [3.8, 4) is 5.75 Å². The second kappa shape index (κ2) is 7.47. The standard InChI is InChI=1S/C18H24N4O2/c1-14(11-22-13-19-12-20-22)18(23)21-9-7-15(8-10-21)16-5-3-4-6-17(16)24-2/h3-6,12-15H,7-11H2,1-2H3. The van der Waals surface area contributed by atoms with E-state index >= 15 is 0 Å². The molecular formula is C18H24N4O2. The number of carbonyl (C=O) groups excluding carboxylic acids is 1. The zero-order valence-electron chi connectivity index (χ0n) is 14.3. The fourth-order valence-electron chi connectivity index (χ4n) is 3.41. The molecule has 1 aromatic carbocycles. The van der Waals surface area contributed by atoms with Crippen LogP contribution in [0.4, 0.5) is 0 Å². The minimum absolute atomic E-state index is 0.0884. The second-order valence-corrected chi connectivity index (χ2v) is 6.36. The van der Waals surface area contributed by atoms with Crippen LogP contribution in [0.15, 0.2) is 36.9 Å². The van der Waals surface area contributed by atoms with E-state index in [0.29, 0.717) is 12.5 Å². The summed E-state index contributed by atoms with van der Waals surface area (Å²) in [5, 5.41) is 4.08. The van der Waals surface area contributed by atoms with Crippen molar-refractivity contribution in [3.63, 3.8) is 0 Å². The van der Waals surface area contributed by atoms with E-state index in [4.69, 9.17) is 4.74 Å². The molecule has 24 heavy (non-hydrogen) atoms. The molecule has 0 radical (unpaired) electrons. The number of ether oxygens (including phenoxy) is 1. The van der Waals surface area contributed by atoms with Gasteiger partial charge in [0.1, 0.15) is 18.4 Å². The highest BCUT2D eigenvalue weighted by Gasteiger charge is 2.28. The SMILES string of the molecule is COc1ccccc1C1CCN(C(=O)C(C)Cn2cncn2)CC1. The summed E-state index contributed by atoms with van der Waals surface area (Å²) < 4.78 is 7.19. The van der Waals surface area contributed by atoms with Crippen molar-refractivity contribution in [1.29, 1.82) is 0 Å². The molecule has 6 heteroatoms. The average molecular weight is 328 g/mol. The maximum Gasteiger partial charge on any atom is 0.227 e. The third-order valence-corrected chi connectivity index (χ3v) is 4.73. The quantitative estimate of drug-likeness (QED) is 0.845. The summed E-state index contributed by atoms with van der Waals surface area (Å²) in [6.45, 7) is 4.12. The molecule has 0 aliphatic carbocycles. The fourth-order valence-corrected chi connectivity index (χ4v) is 3.41. The molecule has 128 valence electrons. The fraction of sp³-hybridized carbons (Fsp3) is 0.500. The van der Waals surface area contributed by atoms with Crippen molar-refractivity contribution in [2.24, 2.45) is 5.92 Å². The van der Waals surface area contributed by atoms with Crippen molar-refractivity contribution in [2.45, 2.75) is 32.2 Å². The minimum atomic E-state index is -0.0884. The Kier molecular flexibility index (Phi) is 5.13. The Labute approximate surface area is 142 Å². The molecule has 1 aliphatic heterocycles. The van der Waals surface area contributed by atoms with E-state index in [1.165, 1.54) is 11.9 Å². The van der Waals surface area contributed by atoms with Crippen LogP contribution < -0.4 is 4.74 Å². The third kappa shape index (κ3) is 3.58. The maximum atomic E-state index is 12.6. The van der Waals surface area contributed by atoms with Crippen molar-refractivity contribution in [1.82, 2.24) is 19.7 Å². The first-order chi connectivity index (χ1) is 11.7. The summed E-state index contributed by atoms with van der Waals surface area (Å²) in [5.41, 5.74) is 1.25. The van der Waals surface area contributed by atoms with Gasteiger partial charge in [-0.2, -0.15) is 5.10 Å². The molecule has 1 unspecified atom stereocenters. The number of benzene rings is 1. The van der Waals surface area contributed by atoms with Gasteiger partial charge in [0.2, 0.25) is 5.91 Å². The molecule has 1 amide bonds. The highest BCUT2D eigenvalue weighted by Crippen LogP contribution is 2.34. The van der Waals surface area contributed by atoms with Gasteiger partial charge in [-0.3, -0.25) is 9.48 Å². The largest absolute Gasteiger partial charge is 0.496 e. The molecule has 1 aromatic heterocycles. The van der Waals surface area contributed by atoms with Crippen LogP contribution in [0.25, 0.3) is 0 Å². The Morgan fingerprint density at radius 2 is 2.08 bits per heavy atom. The average Bonchev–Trinajstić information content (AvgIpc) is 3.14. The molecule has 0 bridgehead atoms. The van der Waals surface area contributed by atoms with E-state index < -0.39 is 0 Å². The van der Waals surface area contributed by atoms with E-state index in [-0.39, 0.29) is 11.8 Å². The molecule has 1 atom stereocenters. The summed E-state index contributed by atoms with van der Waals surface area (Å²) in [6.07, 6.45) is 5.10. The zero-order valence-corrected chi connectivity index (χ0v) is 14.3. The number of aromatic nitrogens is 3. The van der Waals surface area contributed by atoms with Crippen LogP contribution in [0.2, 0.25) is 0 Å². The summed E-state index contributed by atoms with van der Waals surface area (Å²) in [4.78, 5) is 18.5. The topological polar surface area (TPSA) is 60.2 Å². The van der Waals surface area contributed by atoms with Crippen LogP contribution in [0.3, 0.4) is 0 Å². The molecule has 3 rings (SSSR count). The lowest BCUT2D eigenvalue weighted by molar-refractivity contribution is -0.136. The molecule has 1 fully saturated rings.